The molecule has 0 aromatic heterocycles. The maximum absolute atomic E-state index is 12.7. The number of rotatable bonds is 46. The zero-order valence-electron chi connectivity index (χ0n) is 37.9. The molecule has 0 bridgehead atoms. The summed E-state index contributed by atoms with van der Waals surface area (Å²) in [7, 11) is 0. The van der Waals surface area contributed by atoms with Crippen LogP contribution in [0.15, 0.2) is 0 Å². The van der Waals surface area contributed by atoms with Gasteiger partial charge >= 0.3 is 17.9 Å². The van der Waals surface area contributed by atoms with Gasteiger partial charge in [-0.05, 0) is 19.3 Å². The van der Waals surface area contributed by atoms with Crippen LogP contribution in [0, 0.1) is 0 Å². The minimum absolute atomic E-state index is 0.0631. The molecule has 0 amide bonds. The molecular weight excluding hydrogens is 697 g/mol. The summed E-state index contributed by atoms with van der Waals surface area (Å²) in [6.07, 6.45) is 48.3. The first-order valence-electron chi connectivity index (χ1n) is 25.0. The quantitative estimate of drug-likeness (QED) is 0.0347. The predicted molar refractivity (Wildman–Crippen MR) is 238 cm³/mol. The maximum Gasteiger partial charge on any atom is 0.306 e. The van der Waals surface area contributed by atoms with Gasteiger partial charge in [0.05, 0.1) is 0 Å². The molecule has 1 atom stereocenters. The molecule has 0 fully saturated rings. The minimum Gasteiger partial charge on any atom is -0.462 e. The normalized spacial score (nSPS) is 11.8. The molecule has 1 unspecified atom stereocenters. The van der Waals surface area contributed by atoms with Gasteiger partial charge in [0.1, 0.15) is 13.2 Å². The molecule has 6 nitrogen and oxygen atoms in total. The minimum atomic E-state index is -0.757. The molecule has 0 saturated heterocycles. The fraction of sp³-hybridized carbons (Fsp3) is 0.940. The number of unbranched alkanes of at least 4 members (excludes halogenated alkanes) is 35. The smallest absolute Gasteiger partial charge is 0.306 e. The third-order valence-electron chi connectivity index (χ3n) is 11.4. The molecule has 56 heavy (non-hydrogen) atoms. The van der Waals surface area contributed by atoms with Crippen LogP contribution in [0.2, 0.25) is 0 Å². The van der Waals surface area contributed by atoms with E-state index in [0.717, 1.165) is 57.8 Å². The summed E-state index contributed by atoms with van der Waals surface area (Å²) in [6, 6.07) is 0. The Morgan fingerprint density at radius 1 is 0.286 bits per heavy atom. The van der Waals surface area contributed by atoms with Crippen molar-refractivity contribution in [2.24, 2.45) is 0 Å². The molecule has 0 aliphatic heterocycles. The molecule has 0 N–H and O–H groups in total. The van der Waals surface area contributed by atoms with E-state index >= 15 is 0 Å². The van der Waals surface area contributed by atoms with Crippen molar-refractivity contribution in [2.45, 2.75) is 290 Å². The van der Waals surface area contributed by atoms with Gasteiger partial charge in [0.2, 0.25) is 0 Å². The van der Waals surface area contributed by atoms with Gasteiger partial charge in [-0.3, -0.25) is 14.4 Å². The summed E-state index contributed by atoms with van der Waals surface area (Å²) in [5.41, 5.74) is 0. The molecule has 332 valence electrons. The van der Waals surface area contributed by atoms with E-state index in [1.54, 1.807) is 0 Å². The van der Waals surface area contributed by atoms with Crippen molar-refractivity contribution in [3.63, 3.8) is 0 Å². The monoisotopic (exact) mass is 793 g/mol. The highest BCUT2D eigenvalue weighted by Gasteiger charge is 2.19. The zero-order chi connectivity index (χ0) is 40.8. The van der Waals surface area contributed by atoms with Gasteiger partial charge in [0.25, 0.3) is 0 Å². The van der Waals surface area contributed by atoms with Crippen LogP contribution in [-0.2, 0) is 28.6 Å². The number of carbonyl (C=O) groups is 3. The molecule has 0 spiro atoms. The second-order valence-electron chi connectivity index (χ2n) is 17.1. The van der Waals surface area contributed by atoms with E-state index in [4.69, 9.17) is 14.2 Å². The Morgan fingerprint density at radius 2 is 0.482 bits per heavy atom. The van der Waals surface area contributed by atoms with E-state index in [1.165, 1.54) is 186 Å². The Morgan fingerprint density at radius 3 is 0.714 bits per heavy atom. The van der Waals surface area contributed by atoms with Gasteiger partial charge in [-0.2, -0.15) is 0 Å². The standard InChI is InChI=1S/C50H96O6/c1-4-7-10-13-16-18-20-21-22-23-24-25-26-27-28-29-31-32-34-37-40-43-49(52)55-46-47(45-54-48(51)42-39-36-15-12-9-6-3)56-50(53)44-41-38-35-33-30-19-17-14-11-8-5-2/h47H,4-46H2,1-3H3. The Bertz CT molecular complexity index is 828. The first kappa shape index (κ1) is 54.4. The van der Waals surface area contributed by atoms with Crippen LogP contribution < -0.4 is 0 Å². The summed E-state index contributed by atoms with van der Waals surface area (Å²) in [5, 5.41) is 0. The van der Waals surface area contributed by atoms with Crippen LogP contribution in [0.1, 0.15) is 284 Å². The SMILES string of the molecule is CCCCCCCCCCCCCCCCCCCCCCCC(=O)OCC(COC(=O)CCCCCCCC)OC(=O)CCCCCCCCCCCCC. The van der Waals surface area contributed by atoms with Crippen LogP contribution in [0.4, 0.5) is 0 Å². The number of carbonyl (C=O) groups excluding carboxylic acids is 3. The summed E-state index contributed by atoms with van der Waals surface area (Å²) in [6.45, 7) is 6.61. The van der Waals surface area contributed by atoms with Crippen LogP contribution in [-0.4, -0.2) is 37.2 Å². The summed E-state index contributed by atoms with van der Waals surface area (Å²) < 4.78 is 16.7. The Labute approximate surface area is 348 Å². The van der Waals surface area contributed by atoms with Crippen LogP contribution >= 0.6 is 0 Å². The lowest BCUT2D eigenvalue weighted by Crippen LogP contribution is -2.30. The molecule has 0 rings (SSSR count). The molecule has 0 aliphatic carbocycles. The average molecular weight is 793 g/mol. The van der Waals surface area contributed by atoms with E-state index in [0.29, 0.717) is 19.3 Å². The second kappa shape index (κ2) is 46.1. The summed E-state index contributed by atoms with van der Waals surface area (Å²) in [5.74, 6) is -0.858. The van der Waals surface area contributed by atoms with E-state index in [1.807, 2.05) is 0 Å². The third-order valence-corrected chi connectivity index (χ3v) is 11.4. The van der Waals surface area contributed by atoms with E-state index in [9.17, 15) is 14.4 Å². The van der Waals surface area contributed by atoms with Gasteiger partial charge in [-0.25, -0.2) is 0 Å². The Kier molecular flexibility index (Phi) is 44.8. The third kappa shape index (κ3) is 43.5. The number of ether oxygens (including phenoxy) is 3. The molecule has 0 saturated carbocycles. The molecule has 0 heterocycles. The van der Waals surface area contributed by atoms with Crippen LogP contribution in [0.25, 0.3) is 0 Å². The van der Waals surface area contributed by atoms with Gasteiger partial charge in [-0.1, -0.05) is 245 Å². The van der Waals surface area contributed by atoms with Gasteiger partial charge in [0, 0.05) is 19.3 Å². The predicted octanol–water partition coefficient (Wildman–Crippen LogP) is 16.0. The van der Waals surface area contributed by atoms with E-state index in [2.05, 4.69) is 20.8 Å². The molecular formula is C50H96O6. The number of hydrogen-bond acceptors (Lipinski definition) is 6. The lowest BCUT2D eigenvalue weighted by atomic mass is 10.0. The lowest BCUT2D eigenvalue weighted by molar-refractivity contribution is -0.167. The first-order chi connectivity index (χ1) is 27.5. The molecule has 0 radical (unpaired) electrons. The highest BCUT2D eigenvalue weighted by molar-refractivity contribution is 5.71. The van der Waals surface area contributed by atoms with Gasteiger partial charge in [0.15, 0.2) is 6.10 Å². The Hall–Kier alpha value is -1.59. The lowest BCUT2D eigenvalue weighted by Gasteiger charge is -2.18. The summed E-state index contributed by atoms with van der Waals surface area (Å²) >= 11 is 0. The van der Waals surface area contributed by atoms with Crippen molar-refractivity contribution in [1.29, 1.82) is 0 Å². The average Bonchev–Trinajstić information content (AvgIpc) is 3.19. The van der Waals surface area contributed by atoms with Crippen molar-refractivity contribution in [3.8, 4) is 0 Å². The molecule has 0 aromatic rings. The number of esters is 3. The topological polar surface area (TPSA) is 78.9 Å². The van der Waals surface area contributed by atoms with E-state index in [-0.39, 0.29) is 31.1 Å². The van der Waals surface area contributed by atoms with Crippen molar-refractivity contribution in [2.75, 3.05) is 13.2 Å². The van der Waals surface area contributed by atoms with Crippen LogP contribution in [0.3, 0.4) is 0 Å². The van der Waals surface area contributed by atoms with E-state index < -0.39 is 6.10 Å². The molecule has 0 aromatic carbocycles. The fourth-order valence-corrected chi connectivity index (χ4v) is 7.56. The van der Waals surface area contributed by atoms with Crippen molar-refractivity contribution in [3.05, 3.63) is 0 Å². The largest absolute Gasteiger partial charge is 0.462 e. The fourth-order valence-electron chi connectivity index (χ4n) is 7.56. The highest BCUT2D eigenvalue weighted by atomic mass is 16.6. The maximum atomic E-state index is 12.7. The van der Waals surface area contributed by atoms with Crippen molar-refractivity contribution >= 4 is 17.9 Å². The second-order valence-corrected chi connectivity index (χ2v) is 17.1. The van der Waals surface area contributed by atoms with Crippen molar-refractivity contribution < 1.29 is 28.6 Å². The van der Waals surface area contributed by atoms with Gasteiger partial charge < -0.3 is 14.2 Å². The molecule has 6 heteroatoms. The number of hydrogen-bond donors (Lipinski definition) is 0. The Balaban J connectivity index is 4.07. The van der Waals surface area contributed by atoms with Crippen molar-refractivity contribution in [1.82, 2.24) is 0 Å². The van der Waals surface area contributed by atoms with Crippen LogP contribution in [0.5, 0.6) is 0 Å². The zero-order valence-corrected chi connectivity index (χ0v) is 37.9. The summed E-state index contributed by atoms with van der Waals surface area (Å²) in [4.78, 5) is 37.6. The van der Waals surface area contributed by atoms with Gasteiger partial charge in [-0.15, -0.1) is 0 Å². The molecule has 0 aliphatic rings. The highest BCUT2D eigenvalue weighted by Crippen LogP contribution is 2.17. The first-order valence-corrected chi connectivity index (χ1v) is 25.0.